The van der Waals surface area contributed by atoms with Gasteiger partial charge >= 0.3 is 0 Å². The lowest BCUT2D eigenvalue weighted by Gasteiger charge is -2.22. The first-order valence-electron chi connectivity index (χ1n) is 8.38. The van der Waals surface area contributed by atoms with Crippen LogP contribution in [0.1, 0.15) is 25.2 Å². The van der Waals surface area contributed by atoms with Gasteiger partial charge in [-0.3, -0.25) is 0 Å². The number of aliphatic hydroxyl groups excluding tert-OH is 1. The minimum absolute atomic E-state index is 0.114. The summed E-state index contributed by atoms with van der Waals surface area (Å²) in [6.07, 6.45) is 1.04. The van der Waals surface area contributed by atoms with Gasteiger partial charge in [0.15, 0.2) is 0 Å². The molecule has 1 N–H and O–H groups in total. The molecular formula is C19H23N3OS. The van der Waals surface area contributed by atoms with Gasteiger partial charge in [-0.1, -0.05) is 31.2 Å². The zero-order valence-corrected chi connectivity index (χ0v) is 15.2. The van der Waals surface area contributed by atoms with E-state index in [2.05, 4.69) is 53.4 Å². The van der Waals surface area contributed by atoms with Crippen molar-refractivity contribution < 1.29 is 5.11 Å². The minimum Gasteiger partial charge on any atom is -0.395 e. The summed E-state index contributed by atoms with van der Waals surface area (Å²) in [6, 6.07) is 8.70. The molecule has 3 aromatic rings. The van der Waals surface area contributed by atoms with Crippen LogP contribution in [-0.4, -0.2) is 34.8 Å². The highest BCUT2D eigenvalue weighted by Gasteiger charge is 2.18. The summed E-state index contributed by atoms with van der Waals surface area (Å²) in [5.74, 6) is 1.69. The fourth-order valence-electron chi connectivity index (χ4n) is 2.92. The van der Waals surface area contributed by atoms with E-state index in [9.17, 15) is 5.11 Å². The van der Waals surface area contributed by atoms with Crippen LogP contribution >= 0.6 is 11.3 Å². The Labute approximate surface area is 146 Å². The number of aromatic nitrogens is 2. The van der Waals surface area contributed by atoms with E-state index in [1.165, 1.54) is 16.7 Å². The van der Waals surface area contributed by atoms with Crippen LogP contribution in [0.4, 0.5) is 5.82 Å². The molecule has 0 amide bonds. The van der Waals surface area contributed by atoms with Crippen LogP contribution in [0.2, 0.25) is 0 Å². The lowest BCUT2D eigenvalue weighted by atomic mass is 10.0. The number of hydrogen-bond acceptors (Lipinski definition) is 5. The van der Waals surface area contributed by atoms with Gasteiger partial charge in [-0.15, -0.1) is 11.3 Å². The molecule has 4 nitrogen and oxygen atoms in total. The first-order valence-corrected chi connectivity index (χ1v) is 9.26. The molecule has 2 aromatic heterocycles. The first-order chi connectivity index (χ1) is 11.7. The molecule has 0 radical (unpaired) electrons. The van der Waals surface area contributed by atoms with Crippen molar-refractivity contribution in [2.75, 3.05) is 24.6 Å². The van der Waals surface area contributed by atoms with Crippen LogP contribution in [0, 0.1) is 6.92 Å². The van der Waals surface area contributed by atoms with E-state index < -0.39 is 0 Å². The number of rotatable bonds is 6. The van der Waals surface area contributed by atoms with Gasteiger partial charge < -0.3 is 10.0 Å². The number of aryl methyl sites for hydroxylation is 2. The van der Waals surface area contributed by atoms with Gasteiger partial charge in [0, 0.05) is 24.0 Å². The fourth-order valence-corrected chi connectivity index (χ4v) is 3.91. The van der Waals surface area contributed by atoms with Crippen molar-refractivity contribution in [3.8, 4) is 11.1 Å². The number of anilines is 1. The summed E-state index contributed by atoms with van der Waals surface area (Å²) in [5, 5.41) is 12.6. The summed E-state index contributed by atoms with van der Waals surface area (Å²) in [6.45, 7) is 7.66. The second-order valence-electron chi connectivity index (χ2n) is 5.78. The molecule has 0 aliphatic carbocycles. The number of aliphatic hydroxyl groups is 1. The van der Waals surface area contributed by atoms with Crippen molar-refractivity contribution in [3.63, 3.8) is 0 Å². The highest BCUT2D eigenvalue weighted by Crippen LogP contribution is 2.38. The molecule has 5 heteroatoms. The van der Waals surface area contributed by atoms with Gasteiger partial charge in [0.25, 0.3) is 0 Å². The highest BCUT2D eigenvalue weighted by atomic mass is 32.1. The molecule has 1 aromatic carbocycles. The molecule has 0 saturated heterocycles. The normalized spacial score (nSPS) is 11.2. The van der Waals surface area contributed by atoms with Crippen molar-refractivity contribution in [1.82, 2.24) is 9.97 Å². The molecule has 24 heavy (non-hydrogen) atoms. The highest BCUT2D eigenvalue weighted by molar-refractivity contribution is 7.17. The Balaban J connectivity index is 2.18. The lowest BCUT2D eigenvalue weighted by molar-refractivity contribution is 0.302. The van der Waals surface area contributed by atoms with E-state index >= 15 is 0 Å². The topological polar surface area (TPSA) is 49.2 Å². The summed E-state index contributed by atoms with van der Waals surface area (Å²) < 4.78 is 0. The van der Waals surface area contributed by atoms with Crippen LogP contribution in [0.3, 0.4) is 0 Å². The maximum atomic E-state index is 9.38. The molecule has 0 spiro atoms. The van der Waals surface area contributed by atoms with E-state index in [4.69, 9.17) is 4.98 Å². The number of nitrogens with zero attached hydrogens (tertiary/aromatic N) is 3. The predicted octanol–water partition coefficient (Wildman–Crippen LogP) is 4.05. The molecule has 0 fully saturated rings. The Morgan fingerprint density at radius 2 is 1.88 bits per heavy atom. The van der Waals surface area contributed by atoms with Crippen LogP contribution in [0.5, 0.6) is 0 Å². The third-order valence-electron chi connectivity index (χ3n) is 4.25. The van der Waals surface area contributed by atoms with Gasteiger partial charge in [-0.2, -0.15) is 0 Å². The molecule has 2 heterocycles. The quantitative estimate of drug-likeness (QED) is 0.735. The Morgan fingerprint density at radius 3 is 2.50 bits per heavy atom. The fraction of sp³-hybridized carbons (Fsp3) is 0.368. The largest absolute Gasteiger partial charge is 0.395 e. The zero-order valence-electron chi connectivity index (χ0n) is 14.4. The van der Waals surface area contributed by atoms with Crippen LogP contribution in [0.15, 0.2) is 29.6 Å². The van der Waals surface area contributed by atoms with E-state index in [1.54, 1.807) is 11.3 Å². The smallest absolute Gasteiger partial charge is 0.141 e. The summed E-state index contributed by atoms with van der Waals surface area (Å²) in [5.41, 5.74) is 3.69. The molecule has 0 aliphatic rings. The van der Waals surface area contributed by atoms with Crippen molar-refractivity contribution in [1.29, 1.82) is 0 Å². The van der Waals surface area contributed by atoms with E-state index in [1.807, 2.05) is 6.92 Å². The van der Waals surface area contributed by atoms with Gasteiger partial charge in [0.1, 0.15) is 16.5 Å². The Morgan fingerprint density at radius 1 is 1.12 bits per heavy atom. The van der Waals surface area contributed by atoms with Gasteiger partial charge in [0.2, 0.25) is 0 Å². The third kappa shape index (κ3) is 3.14. The van der Waals surface area contributed by atoms with Crippen LogP contribution in [0.25, 0.3) is 21.3 Å². The summed E-state index contributed by atoms with van der Waals surface area (Å²) in [7, 11) is 0. The van der Waals surface area contributed by atoms with Crippen molar-refractivity contribution in [2.24, 2.45) is 0 Å². The minimum atomic E-state index is 0.114. The summed E-state index contributed by atoms with van der Waals surface area (Å²) in [4.78, 5) is 12.4. The molecule has 0 unspecified atom stereocenters. The molecule has 126 valence electrons. The second kappa shape index (κ2) is 7.28. The second-order valence-corrected chi connectivity index (χ2v) is 6.64. The Hall–Kier alpha value is -1.98. The van der Waals surface area contributed by atoms with E-state index in [0.717, 1.165) is 34.8 Å². The molecular weight excluding hydrogens is 318 g/mol. The molecule has 0 aliphatic heterocycles. The maximum absolute atomic E-state index is 9.38. The lowest BCUT2D eigenvalue weighted by Crippen LogP contribution is -2.27. The van der Waals surface area contributed by atoms with Crippen molar-refractivity contribution in [2.45, 2.75) is 27.2 Å². The Bertz CT molecular complexity index is 826. The molecule has 0 saturated carbocycles. The standard InChI is InChI=1S/C19H23N3OS/c1-4-14-6-8-15(9-7-14)16-12-24-19-17(16)18(20-13(3)21-19)22(5-2)10-11-23/h6-9,12,23H,4-5,10-11H2,1-3H3. The Kier molecular flexibility index (Phi) is 5.11. The van der Waals surface area contributed by atoms with E-state index in [-0.39, 0.29) is 6.61 Å². The number of likely N-dealkylation sites (N-methyl/N-ethyl adjacent to an activating group) is 1. The number of thiophene rings is 1. The maximum Gasteiger partial charge on any atom is 0.141 e. The zero-order chi connectivity index (χ0) is 17.1. The molecule has 0 atom stereocenters. The third-order valence-corrected chi connectivity index (χ3v) is 5.12. The number of fused-ring (bicyclic) bond motifs is 1. The van der Waals surface area contributed by atoms with Gasteiger partial charge in [-0.05, 0) is 31.4 Å². The van der Waals surface area contributed by atoms with E-state index in [0.29, 0.717) is 6.54 Å². The van der Waals surface area contributed by atoms with Gasteiger partial charge in [0.05, 0.1) is 12.0 Å². The van der Waals surface area contributed by atoms with Crippen molar-refractivity contribution in [3.05, 3.63) is 41.0 Å². The molecule has 3 rings (SSSR count). The van der Waals surface area contributed by atoms with Crippen molar-refractivity contribution >= 4 is 27.4 Å². The average Bonchev–Trinajstić information content (AvgIpc) is 3.02. The molecule has 0 bridgehead atoms. The average molecular weight is 341 g/mol. The first kappa shape index (κ1) is 16.9. The SMILES string of the molecule is CCc1ccc(-c2csc3nc(C)nc(N(CC)CCO)c23)cc1. The van der Waals surface area contributed by atoms with Crippen LogP contribution in [-0.2, 0) is 6.42 Å². The predicted molar refractivity (Wildman–Crippen MR) is 102 cm³/mol. The van der Waals surface area contributed by atoms with Crippen LogP contribution < -0.4 is 4.90 Å². The monoisotopic (exact) mass is 341 g/mol. The number of hydrogen-bond donors (Lipinski definition) is 1. The summed E-state index contributed by atoms with van der Waals surface area (Å²) >= 11 is 1.65. The van der Waals surface area contributed by atoms with Gasteiger partial charge in [-0.25, -0.2) is 9.97 Å². The number of benzene rings is 1.